The number of rotatable bonds is 6. The van der Waals surface area contributed by atoms with Crippen molar-refractivity contribution in [2.24, 2.45) is 0 Å². The van der Waals surface area contributed by atoms with Crippen LogP contribution >= 0.6 is 11.6 Å². The Bertz CT molecular complexity index is 840. The number of nitrogens with zero attached hydrogens (tertiary/aromatic N) is 1. The van der Waals surface area contributed by atoms with Gasteiger partial charge in [0.05, 0.1) is 11.5 Å². The average Bonchev–Trinajstić information content (AvgIpc) is 2.64. The summed E-state index contributed by atoms with van der Waals surface area (Å²) in [7, 11) is 0. The van der Waals surface area contributed by atoms with Crippen molar-refractivity contribution < 1.29 is 28.7 Å². The van der Waals surface area contributed by atoms with E-state index < -0.39 is 10.9 Å². The number of non-ortho nitro benzene ring substituents is 1. The largest absolute Gasteiger partial charge is 0.482 e. The fourth-order valence-corrected chi connectivity index (χ4v) is 2.57. The summed E-state index contributed by atoms with van der Waals surface area (Å²) in [5.74, 6) is 0.241. The standard InChI is InChI=1S/C17H14ClNO7/c18-13-2-1-3-15(6-13)24-9-16(20)25-8-12-5-14(19(21)22)4-11-7-23-10-26-17(11)12/h1-6H,7-10H2. The van der Waals surface area contributed by atoms with Gasteiger partial charge in [-0.25, -0.2) is 4.79 Å². The molecule has 1 heterocycles. The molecule has 0 radical (unpaired) electrons. The van der Waals surface area contributed by atoms with E-state index in [0.717, 1.165) is 0 Å². The molecule has 3 rings (SSSR count). The molecule has 0 spiro atoms. The minimum Gasteiger partial charge on any atom is -0.482 e. The van der Waals surface area contributed by atoms with Crippen LogP contribution in [-0.4, -0.2) is 24.3 Å². The smallest absolute Gasteiger partial charge is 0.344 e. The quantitative estimate of drug-likeness (QED) is 0.431. The molecule has 2 aromatic carbocycles. The van der Waals surface area contributed by atoms with Gasteiger partial charge in [0.25, 0.3) is 5.69 Å². The first-order valence-electron chi connectivity index (χ1n) is 7.57. The van der Waals surface area contributed by atoms with Crippen molar-refractivity contribution in [2.75, 3.05) is 13.4 Å². The lowest BCUT2D eigenvalue weighted by Crippen LogP contribution is -2.17. The molecule has 26 heavy (non-hydrogen) atoms. The summed E-state index contributed by atoms with van der Waals surface area (Å²) < 4.78 is 20.9. The van der Waals surface area contributed by atoms with Crippen LogP contribution in [0.15, 0.2) is 36.4 Å². The van der Waals surface area contributed by atoms with Crippen molar-refractivity contribution in [3.05, 3.63) is 62.7 Å². The van der Waals surface area contributed by atoms with Crippen LogP contribution in [0.2, 0.25) is 5.02 Å². The zero-order valence-corrected chi connectivity index (χ0v) is 14.2. The summed E-state index contributed by atoms with van der Waals surface area (Å²) in [5, 5.41) is 11.5. The van der Waals surface area contributed by atoms with Crippen molar-refractivity contribution in [1.82, 2.24) is 0 Å². The minimum atomic E-state index is -0.628. The number of nitro benzene ring substituents is 1. The molecule has 9 heteroatoms. The Morgan fingerprint density at radius 1 is 1.31 bits per heavy atom. The summed E-state index contributed by atoms with van der Waals surface area (Å²) in [6.45, 7) is -0.275. The Morgan fingerprint density at radius 3 is 2.92 bits per heavy atom. The maximum absolute atomic E-state index is 11.9. The summed E-state index contributed by atoms with van der Waals surface area (Å²) in [6.07, 6.45) is 0. The fourth-order valence-electron chi connectivity index (χ4n) is 2.39. The third kappa shape index (κ3) is 4.41. The van der Waals surface area contributed by atoms with Gasteiger partial charge in [0.2, 0.25) is 0 Å². The number of halogens is 1. The van der Waals surface area contributed by atoms with Gasteiger partial charge in [0, 0.05) is 28.3 Å². The third-order valence-electron chi connectivity index (χ3n) is 3.52. The molecule has 1 aliphatic rings. The molecular formula is C17H14ClNO7. The Kier molecular flexibility index (Phi) is 5.55. The van der Waals surface area contributed by atoms with Crippen molar-refractivity contribution in [1.29, 1.82) is 0 Å². The lowest BCUT2D eigenvalue weighted by molar-refractivity contribution is -0.385. The van der Waals surface area contributed by atoms with Crippen molar-refractivity contribution >= 4 is 23.3 Å². The first-order chi connectivity index (χ1) is 12.5. The maximum Gasteiger partial charge on any atom is 0.344 e. The molecule has 0 atom stereocenters. The van der Waals surface area contributed by atoms with Gasteiger partial charge < -0.3 is 18.9 Å². The van der Waals surface area contributed by atoms with Crippen LogP contribution in [-0.2, 0) is 27.5 Å². The molecule has 0 bridgehead atoms. The maximum atomic E-state index is 11.9. The normalized spacial score (nSPS) is 12.7. The lowest BCUT2D eigenvalue weighted by Gasteiger charge is -2.20. The first kappa shape index (κ1) is 18.0. The van der Waals surface area contributed by atoms with Crippen LogP contribution in [0.1, 0.15) is 11.1 Å². The molecular weight excluding hydrogens is 366 g/mol. The molecule has 0 saturated heterocycles. The van der Waals surface area contributed by atoms with E-state index in [1.807, 2.05) is 0 Å². The van der Waals surface area contributed by atoms with E-state index in [1.165, 1.54) is 12.1 Å². The van der Waals surface area contributed by atoms with Crippen LogP contribution < -0.4 is 9.47 Å². The number of benzene rings is 2. The summed E-state index contributed by atoms with van der Waals surface area (Å²) in [6, 6.07) is 9.29. The topological polar surface area (TPSA) is 97.1 Å². The predicted octanol–water partition coefficient (Wildman–Crippen LogP) is 3.24. The van der Waals surface area contributed by atoms with Crippen molar-refractivity contribution in [3.8, 4) is 11.5 Å². The Morgan fingerprint density at radius 2 is 2.15 bits per heavy atom. The molecule has 8 nitrogen and oxygen atoms in total. The zero-order chi connectivity index (χ0) is 18.5. The zero-order valence-electron chi connectivity index (χ0n) is 13.5. The highest BCUT2D eigenvalue weighted by molar-refractivity contribution is 6.30. The molecule has 1 aliphatic heterocycles. The number of hydrogen-bond donors (Lipinski definition) is 0. The third-order valence-corrected chi connectivity index (χ3v) is 3.76. The highest BCUT2D eigenvalue weighted by Gasteiger charge is 2.21. The molecule has 0 saturated carbocycles. The lowest BCUT2D eigenvalue weighted by atomic mass is 10.1. The van der Waals surface area contributed by atoms with E-state index >= 15 is 0 Å². The predicted molar refractivity (Wildman–Crippen MR) is 90.1 cm³/mol. The molecule has 0 N–H and O–H groups in total. The van der Waals surface area contributed by atoms with Crippen molar-refractivity contribution in [3.63, 3.8) is 0 Å². The van der Waals surface area contributed by atoms with E-state index in [0.29, 0.717) is 27.6 Å². The van der Waals surface area contributed by atoms with Crippen LogP contribution in [0.25, 0.3) is 0 Å². The molecule has 2 aromatic rings. The van der Waals surface area contributed by atoms with Crippen LogP contribution in [0.3, 0.4) is 0 Å². The Labute approximate surface area is 153 Å². The highest BCUT2D eigenvalue weighted by Crippen LogP contribution is 2.33. The number of esters is 1. The minimum absolute atomic E-state index is 0.0314. The van der Waals surface area contributed by atoms with Crippen LogP contribution in [0.4, 0.5) is 5.69 Å². The van der Waals surface area contributed by atoms with Crippen molar-refractivity contribution in [2.45, 2.75) is 13.2 Å². The molecule has 0 fully saturated rings. The number of nitro groups is 1. The van der Waals surface area contributed by atoms with Crippen LogP contribution in [0.5, 0.6) is 11.5 Å². The van der Waals surface area contributed by atoms with Gasteiger partial charge in [0.15, 0.2) is 13.4 Å². The van der Waals surface area contributed by atoms with Gasteiger partial charge >= 0.3 is 5.97 Å². The number of ether oxygens (including phenoxy) is 4. The fraction of sp³-hybridized carbons (Fsp3) is 0.235. The second-order valence-corrected chi connectivity index (χ2v) is 5.80. The number of hydrogen-bond acceptors (Lipinski definition) is 7. The highest BCUT2D eigenvalue weighted by atomic mass is 35.5. The Balaban J connectivity index is 1.64. The molecule has 0 aliphatic carbocycles. The van der Waals surface area contributed by atoms with E-state index in [-0.39, 0.29) is 32.3 Å². The van der Waals surface area contributed by atoms with Crippen LogP contribution in [0, 0.1) is 10.1 Å². The summed E-state index contributed by atoms with van der Waals surface area (Å²) >= 11 is 5.83. The van der Waals surface area contributed by atoms with E-state index in [9.17, 15) is 14.9 Å². The second kappa shape index (κ2) is 8.03. The number of fused-ring (bicyclic) bond motifs is 1. The second-order valence-electron chi connectivity index (χ2n) is 5.37. The van der Waals surface area contributed by atoms with Gasteiger partial charge in [-0.3, -0.25) is 10.1 Å². The van der Waals surface area contributed by atoms with E-state index in [2.05, 4.69) is 0 Å². The average molecular weight is 380 g/mol. The first-order valence-corrected chi connectivity index (χ1v) is 7.95. The van der Waals surface area contributed by atoms with Gasteiger partial charge in [-0.15, -0.1) is 0 Å². The van der Waals surface area contributed by atoms with Gasteiger partial charge in [0.1, 0.15) is 18.1 Å². The van der Waals surface area contributed by atoms with Gasteiger partial charge in [-0.2, -0.15) is 0 Å². The molecule has 0 amide bonds. The molecule has 136 valence electrons. The Hall–Kier alpha value is -2.84. The van der Waals surface area contributed by atoms with Gasteiger partial charge in [-0.1, -0.05) is 17.7 Å². The van der Waals surface area contributed by atoms with E-state index in [4.69, 9.17) is 30.5 Å². The number of carbonyl (C=O) groups is 1. The summed E-state index contributed by atoms with van der Waals surface area (Å²) in [4.78, 5) is 22.4. The molecule has 0 aromatic heterocycles. The van der Waals surface area contributed by atoms with E-state index in [1.54, 1.807) is 24.3 Å². The number of carbonyl (C=O) groups excluding carboxylic acids is 1. The molecule has 0 unspecified atom stereocenters. The SMILES string of the molecule is O=C(COc1cccc(Cl)c1)OCc1cc([N+](=O)[O-])cc2c1OCOC2. The summed E-state index contributed by atoms with van der Waals surface area (Å²) in [5.41, 5.74) is 0.805. The monoisotopic (exact) mass is 379 g/mol. The van der Waals surface area contributed by atoms with Gasteiger partial charge in [-0.05, 0) is 18.2 Å².